The summed E-state index contributed by atoms with van der Waals surface area (Å²) in [6.07, 6.45) is 4.89. The highest BCUT2D eigenvalue weighted by Crippen LogP contribution is 2.32. The van der Waals surface area contributed by atoms with Crippen LogP contribution < -0.4 is 5.32 Å². The first kappa shape index (κ1) is 27.2. The van der Waals surface area contributed by atoms with Gasteiger partial charge in [-0.1, -0.05) is 6.07 Å². The Morgan fingerprint density at radius 1 is 1.26 bits per heavy atom. The van der Waals surface area contributed by atoms with Gasteiger partial charge in [0.25, 0.3) is 0 Å². The molecule has 0 radical (unpaired) electrons. The standard InChI is InChI=1S/C24H30FN3O5S/c1-7-32-22(29)17-14-28(15-31-10-11-34(5)6)20(13-26)21(17)16-8-9-19(18(25)12-16)27-23(30)33-24(2,3)4/h8-9,12,14H,7,10-11,15H2,1-6H3/p+1. The van der Waals surface area contributed by atoms with E-state index in [0.717, 1.165) is 11.8 Å². The van der Waals surface area contributed by atoms with Crippen LogP contribution in [0.25, 0.3) is 11.1 Å². The zero-order valence-corrected chi connectivity index (χ0v) is 21.2. The molecule has 0 aliphatic carbocycles. The van der Waals surface area contributed by atoms with Crippen molar-refractivity contribution >= 4 is 28.6 Å². The van der Waals surface area contributed by atoms with Crippen molar-refractivity contribution in [3.05, 3.63) is 41.5 Å². The summed E-state index contributed by atoms with van der Waals surface area (Å²) < 4.78 is 32.4. The van der Waals surface area contributed by atoms with Crippen LogP contribution in [0.3, 0.4) is 0 Å². The second-order valence-electron chi connectivity index (χ2n) is 8.62. The fourth-order valence-corrected chi connectivity index (χ4v) is 3.46. The first-order chi connectivity index (χ1) is 16.0. The first-order valence-corrected chi connectivity index (χ1v) is 12.9. The molecule has 0 bridgehead atoms. The summed E-state index contributed by atoms with van der Waals surface area (Å²) in [7, 11) is 0.211. The number of halogens is 1. The monoisotopic (exact) mass is 492 g/mol. The van der Waals surface area contributed by atoms with Crippen molar-refractivity contribution in [1.82, 2.24) is 4.57 Å². The van der Waals surface area contributed by atoms with E-state index in [1.807, 2.05) is 0 Å². The van der Waals surface area contributed by atoms with Crippen LogP contribution in [0, 0.1) is 17.1 Å². The van der Waals surface area contributed by atoms with Crippen LogP contribution >= 0.6 is 0 Å². The molecular formula is C24H31FN3O5S+. The van der Waals surface area contributed by atoms with Crippen molar-refractivity contribution in [2.45, 2.75) is 40.0 Å². The highest BCUT2D eigenvalue weighted by molar-refractivity contribution is 7.95. The molecule has 0 fully saturated rings. The Bertz CT molecular complexity index is 1070. The van der Waals surface area contributed by atoms with E-state index in [-0.39, 0.29) is 52.3 Å². The van der Waals surface area contributed by atoms with Gasteiger partial charge in [-0.3, -0.25) is 5.32 Å². The maximum absolute atomic E-state index is 14.9. The lowest BCUT2D eigenvalue weighted by molar-refractivity contribution is 0.0525. The van der Waals surface area contributed by atoms with Crippen molar-refractivity contribution < 1.29 is 28.2 Å². The number of hydrogen-bond acceptors (Lipinski definition) is 6. The summed E-state index contributed by atoms with van der Waals surface area (Å²) in [6, 6.07) is 6.10. The molecule has 1 N–H and O–H groups in total. The lowest BCUT2D eigenvalue weighted by Gasteiger charge is -2.20. The van der Waals surface area contributed by atoms with Gasteiger partial charge in [0, 0.05) is 11.8 Å². The van der Waals surface area contributed by atoms with Crippen LogP contribution in [-0.2, 0) is 31.8 Å². The van der Waals surface area contributed by atoms with Crippen LogP contribution in [0.2, 0.25) is 0 Å². The molecule has 2 rings (SSSR count). The van der Waals surface area contributed by atoms with Crippen molar-refractivity contribution in [3.63, 3.8) is 0 Å². The maximum Gasteiger partial charge on any atom is 0.412 e. The Morgan fingerprint density at radius 2 is 1.97 bits per heavy atom. The largest absolute Gasteiger partial charge is 0.462 e. The van der Waals surface area contributed by atoms with Gasteiger partial charge in [-0.05, 0) is 56.3 Å². The van der Waals surface area contributed by atoms with Crippen LogP contribution in [0.4, 0.5) is 14.9 Å². The van der Waals surface area contributed by atoms with Crippen molar-refractivity contribution in [3.8, 4) is 17.2 Å². The highest BCUT2D eigenvalue weighted by atomic mass is 32.2. The molecule has 10 heteroatoms. The van der Waals surface area contributed by atoms with E-state index in [2.05, 4.69) is 23.9 Å². The van der Waals surface area contributed by atoms with Crippen molar-refractivity contribution in [2.75, 3.05) is 36.8 Å². The lowest BCUT2D eigenvalue weighted by Crippen LogP contribution is -2.27. The molecule has 0 spiro atoms. The van der Waals surface area contributed by atoms with Gasteiger partial charge in [0.1, 0.15) is 35.7 Å². The third-order valence-corrected chi connectivity index (χ3v) is 5.42. The third-order valence-electron chi connectivity index (χ3n) is 4.44. The SMILES string of the molecule is CCOC(=O)c1cn(COCC[S+](C)C)c(C#N)c1-c1ccc(NC(=O)OC(C)(C)C)c(F)c1. The van der Waals surface area contributed by atoms with Crippen molar-refractivity contribution in [2.24, 2.45) is 0 Å². The number of benzene rings is 1. The van der Waals surface area contributed by atoms with Gasteiger partial charge in [0.15, 0.2) is 0 Å². The molecule has 1 heterocycles. The van der Waals surface area contributed by atoms with E-state index >= 15 is 0 Å². The van der Waals surface area contributed by atoms with Crippen molar-refractivity contribution in [1.29, 1.82) is 5.26 Å². The Kier molecular flexibility index (Phi) is 9.53. The van der Waals surface area contributed by atoms with E-state index in [9.17, 15) is 19.2 Å². The molecule has 0 aliphatic heterocycles. The van der Waals surface area contributed by atoms with E-state index in [4.69, 9.17) is 14.2 Å². The molecular weight excluding hydrogens is 461 g/mol. The van der Waals surface area contributed by atoms with E-state index < -0.39 is 23.5 Å². The first-order valence-electron chi connectivity index (χ1n) is 10.7. The normalized spacial score (nSPS) is 11.3. The van der Waals surface area contributed by atoms with Crippen LogP contribution in [0.5, 0.6) is 0 Å². The minimum absolute atomic E-state index is 0.0628. The van der Waals surface area contributed by atoms with Gasteiger partial charge >= 0.3 is 12.1 Å². The van der Waals surface area contributed by atoms with Crippen LogP contribution in [0.1, 0.15) is 43.7 Å². The molecule has 1 aromatic carbocycles. The molecule has 0 saturated carbocycles. The quantitative estimate of drug-likeness (QED) is 0.313. The summed E-state index contributed by atoms with van der Waals surface area (Å²) in [5.74, 6) is -0.505. The number of amides is 1. The predicted molar refractivity (Wildman–Crippen MR) is 130 cm³/mol. The topological polar surface area (TPSA) is 103 Å². The zero-order chi connectivity index (χ0) is 25.5. The Balaban J connectivity index is 2.41. The third kappa shape index (κ3) is 7.50. The van der Waals surface area contributed by atoms with Crippen LogP contribution in [-0.4, -0.2) is 53.7 Å². The van der Waals surface area contributed by atoms with E-state index in [0.29, 0.717) is 6.61 Å². The van der Waals surface area contributed by atoms with Gasteiger partial charge in [-0.2, -0.15) is 5.26 Å². The van der Waals surface area contributed by atoms with Gasteiger partial charge in [0.05, 0.1) is 37.0 Å². The number of aromatic nitrogens is 1. The summed E-state index contributed by atoms with van der Waals surface area (Å²) in [5.41, 5.74) is -0.0434. The molecule has 1 aromatic heterocycles. The summed E-state index contributed by atoms with van der Waals surface area (Å²) >= 11 is 0. The number of esters is 1. The summed E-state index contributed by atoms with van der Waals surface area (Å²) in [5, 5.41) is 12.2. The molecule has 184 valence electrons. The Hall–Kier alpha value is -3.03. The predicted octanol–water partition coefficient (Wildman–Crippen LogP) is 4.54. The average molecular weight is 493 g/mol. The second-order valence-corrected chi connectivity index (χ2v) is 11.0. The number of nitriles is 1. The Morgan fingerprint density at radius 3 is 2.53 bits per heavy atom. The molecule has 0 saturated heterocycles. The van der Waals surface area contributed by atoms with Gasteiger partial charge < -0.3 is 18.8 Å². The smallest absolute Gasteiger partial charge is 0.412 e. The number of carbonyl (C=O) groups excluding carboxylic acids is 2. The number of carbonyl (C=O) groups is 2. The van der Waals surface area contributed by atoms with Crippen LogP contribution in [0.15, 0.2) is 24.4 Å². The number of nitrogens with zero attached hydrogens (tertiary/aromatic N) is 2. The van der Waals surface area contributed by atoms with Gasteiger partial charge in [-0.25, -0.2) is 14.0 Å². The minimum Gasteiger partial charge on any atom is -0.462 e. The highest BCUT2D eigenvalue weighted by Gasteiger charge is 2.25. The van der Waals surface area contributed by atoms with Gasteiger partial charge in [0.2, 0.25) is 0 Å². The molecule has 0 aliphatic rings. The molecule has 0 unspecified atom stereocenters. The zero-order valence-electron chi connectivity index (χ0n) is 20.4. The molecule has 8 nitrogen and oxygen atoms in total. The molecule has 2 aromatic rings. The van der Waals surface area contributed by atoms with E-state index in [1.165, 1.54) is 22.9 Å². The minimum atomic E-state index is -0.797. The fourth-order valence-electron chi connectivity index (χ4n) is 3.01. The van der Waals surface area contributed by atoms with Gasteiger partial charge in [-0.15, -0.1) is 0 Å². The average Bonchev–Trinajstić information content (AvgIpc) is 3.10. The Labute approximate surface area is 202 Å². The summed E-state index contributed by atoms with van der Waals surface area (Å²) in [4.78, 5) is 24.6. The maximum atomic E-state index is 14.9. The lowest BCUT2D eigenvalue weighted by atomic mass is 10.0. The number of hydrogen-bond donors (Lipinski definition) is 1. The number of rotatable bonds is 9. The summed E-state index contributed by atoms with van der Waals surface area (Å²) in [6.45, 7) is 7.48. The number of anilines is 1. The molecule has 1 amide bonds. The fraction of sp³-hybridized carbons (Fsp3) is 0.458. The number of nitrogens with one attached hydrogen (secondary N) is 1. The molecule has 34 heavy (non-hydrogen) atoms. The number of ether oxygens (including phenoxy) is 3. The molecule has 0 atom stereocenters. The second kappa shape index (κ2) is 11.9. The van der Waals surface area contributed by atoms with E-state index in [1.54, 1.807) is 27.7 Å².